The lowest BCUT2D eigenvalue weighted by atomic mass is 10.1. The standard InChI is InChI=1S/C16H22N4O6/c1-26-16(21)8-6-4-2-3-5-7-11-17-18-14-10-9-13(19(22)23)12-15(14)20(24)25/h9-12,18H,2-8H2,1H3/b17-11-. The van der Waals surface area contributed by atoms with Crippen molar-refractivity contribution in [2.24, 2.45) is 5.10 Å². The van der Waals surface area contributed by atoms with Crippen molar-refractivity contribution in [3.63, 3.8) is 0 Å². The second-order valence-electron chi connectivity index (χ2n) is 5.52. The van der Waals surface area contributed by atoms with Crippen molar-refractivity contribution < 1.29 is 19.4 Å². The van der Waals surface area contributed by atoms with E-state index in [9.17, 15) is 25.0 Å². The van der Waals surface area contributed by atoms with E-state index in [0.29, 0.717) is 12.8 Å². The molecule has 0 atom stereocenters. The fourth-order valence-corrected chi connectivity index (χ4v) is 2.20. The van der Waals surface area contributed by atoms with Crippen LogP contribution < -0.4 is 5.43 Å². The van der Waals surface area contributed by atoms with Crippen molar-refractivity contribution >= 4 is 29.2 Å². The van der Waals surface area contributed by atoms with E-state index in [2.05, 4.69) is 15.3 Å². The molecule has 0 spiro atoms. The number of methoxy groups -OCH3 is 1. The van der Waals surface area contributed by atoms with E-state index in [1.807, 2.05) is 0 Å². The Hall–Kier alpha value is -3.04. The van der Waals surface area contributed by atoms with Gasteiger partial charge in [0.05, 0.1) is 23.0 Å². The summed E-state index contributed by atoms with van der Waals surface area (Å²) < 4.78 is 4.56. The zero-order valence-corrected chi connectivity index (χ0v) is 14.6. The molecule has 0 bridgehead atoms. The highest BCUT2D eigenvalue weighted by Gasteiger charge is 2.18. The van der Waals surface area contributed by atoms with Crippen LogP contribution in [-0.2, 0) is 9.53 Å². The number of hydrogen-bond donors (Lipinski definition) is 1. The van der Waals surface area contributed by atoms with E-state index in [4.69, 9.17) is 0 Å². The second kappa shape index (κ2) is 11.5. The molecule has 0 radical (unpaired) electrons. The molecule has 1 rings (SSSR count). The molecule has 1 N–H and O–H groups in total. The summed E-state index contributed by atoms with van der Waals surface area (Å²) in [7, 11) is 1.38. The molecule has 26 heavy (non-hydrogen) atoms. The van der Waals surface area contributed by atoms with Crippen LogP contribution in [0.4, 0.5) is 17.1 Å². The molecule has 1 aromatic rings. The molecule has 0 amide bonds. The number of hydrazone groups is 1. The predicted octanol–water partition coefficient (Wildman–Crippen LogP) is 3.80. The molecule has 0 aliphatic heterocycles. The molecule has 10 heteroatoms. The fourth-order valence-electron chi connectivity index (χ4n) is 2.20. The maximum Gasteiger partial charge on any atom is 0.305 e. The van der Waals surface area contributed by atoms with Gasteiger partial charge >= 0.3 is 11.7 Å². The third-order valence-corrected chi connectivity index (χ3v) is 3.61. The molecule has 0 heterocycles. The molecular weight excluding hydrogens is 344 g/mol. The van der Waals surface area contributed by atoms with Crippen LogP contribution >= 0.6 is 0 Å². The normalized spacial score (nSPS) is 10.7. The largest absolute Gasteiger partial charge is 0.469 e. The van der Waals surface area contributed by atoms with E-state index >= 15 is 0 Å². The number of esters is 1. The molecule has 0 saturated heterocycles. The van der Waals surface area contributed by atoms with Crippen molar-refractivity contribution in [3.8, 4) is 0 Å². The van der Waals surface area contributed by atoms with Crippen LogP contribution in [0.1, 0.15) is 44.9 Å². The maximum atomic E-state index is 11.0. The van der Waals surface area contributed by atoms with Crippen molar-refractivity contribution in [2.75, 3.05) is 12.5 Å². The Kier molecular flexibility index (Phi) is 9.29. The van der Waals surface area contributed by atoms with Crippen LogP contribution in [0.15, 0.2) is 23.3 Å². The number of nitrogens with zero attached hydrogens (tertiary/aromatic N) is 3. The number of unbranched alkanes of at least 4 members (excludes halogenated alkanes) is 5. The van der Waals surface area contributed by atoms with Gasteiger partial charge in [-0.2, -0.15) is 5.10 Å². The van der Waals surface area contributed by atoms with Crippen molar-refractivity contribution in [1.82, 2.24) is 0 Å². The Morgan fingerprint density at radius 3 is 2.50 bits per heavy atom. The SMILES string of the molecule is COC(=O)CCCCCCC/C=N\Nc1ccc([N+](=O)[O-])cc1[N+](=O)[O-]. The van der Waals surface area contributed by atoms with E-state index in [1.165, 1.54) is 19.2 Å². The van der Waals surface area contributed by atoms with Crippen molar-refractivity contribution in [3.05, 3.63) is 38.4 Å². The van der Waals surface area contributed by atoms with Gasteiger partial charge in [0.15, 0.2) is 0 Å². The first-order valence-electron chi connectivity index (χ1n) is 8.23. The molecule has 0 aliphatic rings. The molecule has 0 aromatic heterocycles. The zero-order valence-electron chi connectivity index (χ0n) is 14.6. The number of ether oxygens (including phenoxy) is 1. The van der Waals surface area contributed by atoms with Gasteiger partial charge in [-0.3, -0.25) is 30.4 Å². The summed E-state index contributed by atoms with van der Waals surface area (Å²) in [4.78, 5) is 31.2. The maximum absolute atomic E-state index is 11.0. The van der Waals surface area contributed by atoms with Gasteiger partial charge in [-0.1, -0.05) is 19.3 Å². The third-order valence-electron chi connectivity index (χ3n) is 3.61. The van der Waals surface area contributed by atoms with Crippen molar-refractivity contribution in [2.45, 2.75) is 44.9 Å². The summed E-state index contributed by atoms with van der Waals surface area (Å²) in [6.45, 7) is 0. The quantitative estimate of drug-likeness (QED) is 0.195. The molecule has 0 unspecified atom stereocenters. The Balaban J connectivity index is 2.31. The van der Waals surface area contributed by atoms with Gasteiger partial charge in [-0.25, -0.2) is 0 Å². The number of hydrogen-bond acceptors (Lipinski definition) is 8. The summed E-state index contributed by atoms with van der Waals surface area (Å²) in [5, 5.41) is 25.6. The third kappa shape index (κ3) is 7.69. The molecule has 0 saturated carbocycles. The number of carbonyl (C=O) groups is 1. The molecule has 0 fully saturated rings. The first kappa shape index (κ1) is 21.0. The van der Waals surface area contributed by atoms with E-state index < -0.39 is 15.5 Å². The Labute approximate surface area is 150 Å². The molecule has 10 nitrogen and oxygen atoms in total. The summed E-state index contributed by atoms with van der Waals surface area (Å²) in [5.41, 5.74) is 1.89. The zero-order chi connectivity index (χ0) is 19.4. The highest BCUT2D eigenvalue weighted by atomic mass is 16.6. The van der Waals surface area contributed by atoms with E-state index in [1.54, 1.807) is 6.21 Å². The number of benzene rings is 1. The minimum absolute atomic E-state index is 0.0969. The van der Waals surface area contributed by atoms with Gasteiger partial charge in [0, 0.05) is 18.7 Å². The summed E-state index contributed by atoms with van der Waals surface area (Å²) in [6, 6.07) is 3.33. The number of anilines is 1. The van der Waals surface area contributed by atoms with Crippen LogP contribution in [0.25, 0.3) is 0 Å². The average molecular weight is 366 g/mol. The first-order valence-corrected chi connectivity index (χ1v) is 8.23. The van der Waals surface area contributed by atoms with Crippen LogP contribution in [-0.4, -0.2) is 29.1 Å². The molecule has 142 valence electrons. The van der Waals surface area contributed by atoms with Crippen molar-refractivity contribution in [1.29, 1.82) is 0 Å². The number of nitrogens with one attached hydrogen (secondary N) is 1. The highest BCUT2D eigenvalue weighted by molar-refractivity contribution is 5.69. The molecular formula is C16H22N4O6. The van der Waals surface area contributed by atoms with Gasteiger partial charge in [0.25, 0.3) is 5.69 Å². The van der Waals surface area contributed by atoms with Crippen LogP contribution in [0.2, 0.25) is 0 Å². The minimum Gasteiger partial charge on any atom is -0.469 e. The average Bonchev–Trinajstić information content (AvgIpc) is 2.62. The fraction of sp³-hybridized carbons (Fsp3) is 0.500. The number of rotatable bonds is 12. The monoisotopic (exact) mass is 366 g/mol. The Morgan fingerprint density at radius 2 is 1.85 bits per heavy atom. The van der Waals surface area contributed by atoms with Crippen LogP contribution in [0, 0.1) is 20.2 Å². The van der Waals surface area contributed by atoms with E-state index in [-0.39, 0.29) is 17.3 Å². The number of nitro benzene ring substituents is 2. The van der Waals surface area contributed by atoms with Gasteiger partial charge in [-0.05, 0) is 25.3 Å². The smallest absolute Gasteiger partial charge is 0.305 e. The second-order valence-corrected chi connectivity index (χ2v) is 5.52. The van der Waals surface area contributed by atoms with Gasteiger partial charge in [-0.15, -0.1) is 0 Å². The van der Waals surface area contributed by atoms with E-state index in [0.717, 1.165) is 38.2 Å². The number of carbonyl (C=O) groups excluding carboxylic acids is 1. The predicted molar refractivity (Wildman–Crippen MR) is 96.2 cm³/mol. The lowest BCUT2D eigenvalue weighted by Gasteiger charge is -2.02. The van der Waals surface area contributed by atoms with Gasteiger partial charge in [0.1, 0.15) is 5.69 Å². The molecule has 1 aromatic carbocycles. The Bertz CT molecular complexity index is 662. The summed E-state index contributed by atoms with van der Waals surface area (Å²) in [6.07, 6.45) is 7.43. The minimum atomic E-state index is -0.695. The van der Waals surface area contributed by atoms with Crippen LogP contribution in [0.3, 0.4) is 0 Å². The lowest BCUT2D eigenvalue weighted by molar-refractivity contribution is -0.393. The summed E-state index contributed by atoms with van der Waals surface area (Å²) >= 11 is 0. The number of nitro groups is 2. The van der Waals surface area contributed by atoms with Crippen LogP contribution in [0.5, 0.6) is 0 Å². The highest BCUT2D eigenvalue weighted by Crippen LogP contribution is 2.28. The summed E-state index contributed by atoms with van der Waals surface area (Å²) in [5.74, 6) is -0.191. The Morgan fingerprint density at radius 1 is 1.15 bits per heavy atom. The first-order chi connectivity index (χ1) is 12.5. The molecule has 0 aliphatic carbocycles. The topological polar surface area (TPSA) is 137 Å². The van der Waals surface area contributed by atoms with Gasteiger partial charge < -0.3 is 4.74 Å². The number of non-ortho nitro benzene ring substituents is 1. The van der Waals surface area contributed by atoms with Gasteiger partial charge in [0.2, 0.25) is 0 Å². The lowest BCUT2D eigenvalue weighted by Crippen LogP contribution is -1.99.